The van der Waals surface area contributed by atoms with Crippen LogP contribution < -0.4 is 10.5 Å². The summed E-state index contributed by atoms with van der Waals surface area (Å²) < 4.78 is 28.5. The Labute approximate surface area is 187 Å². The maximum absolute atomic E-state index is 13.3. The van der Waals surface area contributed by atoms with Crippen LogP contribution in [0.25, 0.3) is 0 Å². The number of hydrogen-bond donors (Lipinski definition) is 2. The van der Waals surface area contributed by atoms with Gasteiger partial charge in [-0.05, 0) is 51.9 Å². The monoisotopic (exact) mass is 469 g/mol. The molecule has 12 heteroatoms. The molecule has 5 amide bonds. The van der Waals surface area contributed by atoms with Gasteiger partial charge in [-0.15, -0.1) is 0 Å². The first kappa shape index (κ1) is 23.0. The summed E-state index contributed by atoms with van der Waals surface area (Å²) in [5, 5.41) is -0.720. The van der Waals surface area contributed by atoms with Gasteiger partial charge in [-0.25, -0.2) is 17.9 Å². The smallest absolute Gasteiger partial charge is 0.327 e. The molecular formula is C20H31N5O6S. The van der Waals surface area contributed by atoms with Crippen molar-refractivity contribution in [1.29, 1.82) is 0 Å². The van der Waals surface area contributed by atoms with E-state index < -0.39 is 69.1 Å². The SMILES string of the molecule is CN1C(=O)N(CC(=O)N2CCC[C@H]2C(N)=O)C(=O)C2CC(S(=O)(=O)NC3(C)CC3)CCC21. The summed E-state index contributed by atoms with van der Waals surface area (Å²) in [6, 6.07) is -1.71. The molecule has 4 aliphatic rings. The van der Waals surface area contributed by atoms with Crippen LogP contribution in [0.2, 0.25) is 0 Å². The molecule has 0 aromatic rings. The highest BCUT2D eigenvalue weighted by molar-refractivity contribution is 7.90. The van der Waals surface area contributed by atoms with Crippen LogP contribution >= 0.6 is 0 Å². The fourth-order valence-electron chi connectivity index (χ4n) is 5.20. The third-order valence-corrected chi connectivity index (χ3v) is 9.48. The molecule has 0 spiro atoms. The number of nitrogens with one attached hydrogen (secondary N) is 1. The van der Waals surface area contributed by atoms with Crippen LogP contribution in [0.3, 0.4) is 0 Å². The lowest BCUT2D eigenvalue weighted by Gasteiger charge is -2.46. The first-order valence-corrected chi connectivity index (χ1v) is 12.7. The van der Waals surface area contributed by atoms with Crippen molar-refractivity contribution < 1.29 is 27.6 Å². The number of nitrogens with two attached hydrogens (primary N) is 1. The van der Waals surface area contributed by atoms with E-state index in [9.17, 15) is 27.6 Å². The number of amides is 5. The number of rotatable bonds is 6. The van der Waals surface area contributed by atoms with Crippen LogP contribution in [0.4, 0.5) is 4.79 Å². The summed E-state index contributed by atoms with van der Waals surface area (Å²) in [5.41, 5.74) is 4.98. The molecule has 2 aliphatic heterocycles. The van der Waals surface area contributed by atoms with Gasteiger partial charge in [0.15, 0.2) is 0 Å². The number of carbonyl (C=O) groups is 4. The number of primary amides is 1. The number of urea groups is 1. The maximum Gasteiger partial charge on any atom is 0.327 e. The molecule has 2 heterocycles. The second kappa shape index (κ2) is 7.98. The van der Waals surface area contributed by atoms with Crippen molar-refractivity contribution in [3.05, 3.63) is 0 Å². The molecule has 178 valence electrons. The number of likely N-dealkylation sites (tertiary alicyclic amines) is 1. The number of hydrogen-bond acceptors (Lipinski definition) is 6. The number of imide groups is 1. The first-order chi connectivity index (χ1) is 14.9. The molecule has 4 atom stereocenters. The third-order valence-electron chi connectivity index (χ3n) is 7.40. The number of nitrogens with zero attached hydrogens (tertiary/aromatic N) is 3. The van der Waals surface area contributed by atoms with Crippen molar-refractivity contribution in [2.45, 2.75) is 74.7 Å². The van der Waals surface area contributed by atoms with Crippen molar-refractivity contribution in [3.63, 3.8) is 0 Å². The van der Waals surface area contributed by atoms with Crippen molar-refractivity contribution in [3.8, 4) is 0 Å². The lowest BCUT2D eigenvalue weighted by atomic mass is 9.81. The van der Waals surface area contributed by atoms with E-state index in [-0.39, 0.29) is 6.42 Å². The van der Waals surface area contributed by atoms with Gasteiger partial charge in [0.1, 0.15) is 12.6 Å². The van der Waals surface area contributed by atoms with Gasteiger partial charge >= 0.3 is 6.03 Å². The molecule has 0 aromatic carbocycles. The summed E-state index contributed by atoms with van der Waals surface area (Å²) in [4.78, 5) is 54.2. The summed E-state index contributed by atoms with van der Waals surface area (Å²) in [5.74, 6) is -2.35. The summed E-state index contributed by atoms with van der Waals surface area (Å²) in [6.45, 7) is 1.72. The largest absolute Gasteiger partial charge is 0.368 e. The summed E-state index contributed by atoms with van der Waals surface area (Å²) in [6.07, 6.45) is 3.53. The van der Waals surface area contributed by atoms with Gasteiger partial charge in [0.2, 0.25) is 27.7 Å². The predicted molar refractivity (Wildman–Crippen MR) is 113 cm³/mol. The van der Waals surface area contributed by atoms with E-state index in [0.29, 0.717) is 32.2 Å². The van der Waals surface area contributed by atoms with Crippen molar-refractivity contribution in [1.82, 2.24) is 19.4 Å². The van der Waals surface area contributed by atoms with E-state index in [2.05, 4.69) is 4.72 Å². The van der Waals surface area contributed by atoms with E-state index in [4.69, 9.17) is 5.73 Å². The molecule has 3 unspecified atom stereocenters. The lowest BCUT2D eigenvalue weighted by Crippen LogP contribution is -2.64. The Kier molecular flexibility index (Phi) is 5.73. The molecular weight excluding hydrogens is 438 g/mol. The highest BCUT2D eigenvalue weighted by Gasteiger charge is 2.52. The van der Waals surface area contributed by atoms with Gasteiger partial charge in [0.05, 0.1) is 11.2 Å². The van der Waals surface area contributed by atoms with Gasteiger partial charge in [0, 0.05) is 25.2 Å². The standard InChI is InChI=1S/C20H31N5O6S/c1-20(7-8-20)22-32(30,31)12-5-6-14-13(10-12)18(28)25(19(29)23(14)2)11-16(26)24-9-3-4-15(24)17(21)27/h12-15,22H,3-11H2,1-2H3,(H2,21,27)/t12?,13?,14?,15-/m0/s1. The average Bonchev–Trinajstić information content (AvgIpc) is 3.24. The Morgan fingerprint density at radius 3 is 2.50 bits per heavy atom. The fraction of sp³-hybridized carbons (Fsp3) is 0.800. The quantitative estimate of drug-likeness (QED) is 0.528. The van der Waals surface area contributed by atoms with E-state index in [1.807, 2.05) is 6.92 Å². The van der Waals surface area contributed by atoms with E-state index >= 15 is 0 Å². The molecule has 4 fully saturated rings. The molecule has 4 rings (SSSR count). The zero-order valence-electron chi connectivity index (χ0n) is 18.5. The molecule has 11 nitrogen and oxygen atoms in total. The summed E-state index contributed by atoms with van der Waals surface area (Å²) in [7, 11) is -2.03. The average molecular weight is 470 g/mol. The zero-order chi connectivity index (χ0) is 23.4. The van der Waals surface area contributed by atoms with Crippen LogP contribution in [0.1, 0.15) is 51.9 Å². The number of carbonyl (C=O) groups excluding carboxylic acids is 4. The Morgan fingerprint density at radius 2 is 1.88 bits per heavy atom. The van der Waals surface area contributed by atoms with Gasteiger partial charge < -0.3 is 15.5 Å². The minimum absolute atomic E-state index is 0.102. The first-order valence-electron chi connectivity index (χ1n) is 11.1. The van der Waals surface area contributed by atoms with Gasteiger partial charge in [0.25, 0.3) is 0 Å². The Bertz CT molecular complexity index is 948. The molecule has 3 N–H and O–H groups in total. The number of fused-ring (bicyclic) bond motifs is 1. The van der Waals surface area contributed by atoms with Gasteiger partial charge in [-0.1, -0.05) is 0 Å². The molecule has 2 aliphatic carbocycles. The van der Waals surface area contributed by atoms with Crippen LogP contribution in [-0.2, 0) is 24.4 Å². The second-order valence-electron chi connectivity index (χ2n) is 9.78. The molecule has 0 bridgehead atoms. The molecule has 0 aromatic heterocycles. The van der Waals surface area contributed by atoms with Gasteiger partial charge in [-0.3, -0.25) is 19.3 Å². The minimum Gasteiger partial charge on any atom is -0.368 e. The molecule has 2 saturated heterocycles. The fourth-order valence-corrected chi connectivity index (χ4v) is 7.17. The van der Waals surface area contributed by atoms with Crippen LogP contribution in [0, 0.1) is 5.92 Å². The molecule has 2 saturated carbocycles. The Balaban J connectivity index is 1.49. The van der Waals surface area contributed by atoms with E-state index in [1.165, 1.54) is 9.80 Å². The van der Waals surface area contributed by atoms with E-state index in [0.717, 1.165) is 17.7 Å². The maximum atomic E-state index is 13.3. The topological polar surface area (TPSA) is 150 Å². The van der Waals surface area contributed by atoms with Crippen molar-refractivity contribution in [2.75, 3.05) is 20.1 Å². The molecule has 0 radical (unpaired) electrons. The zero-order valence-corrected chi connectivity index (χ0v) is 19.3. The third kappa shape index (κ3) is 4.09. The highest BCUT2D eigenvalue weighted by atomic mass is 32.2. The summed E-state index contributed by atoms with van der Waals surface area (Å²) >= 11 is 0. The van der Waals surface area contributed by atoms with Crippen molar-refractivity contribution in [2.24, 2.45) is 11.7 Å². The van der Waals surface area contributed by atoms with Crippen molar-refractivity contribution >= 4 is 33.8 Å². The van der Waals surface area contributed by atoms with Crippen LogP contribution in [0.5, 0.6) is 0 Å². The Hall–Kier alpha value is -2.21. The normalized spacial score (nSPS) is 32.1. The van der Waals surface area contributed by atoms with Gasteiger partial charge in [-0.2, -0.15) is 0 Å². The highest BCUT2D eigenvalue weighted by Crippen LogP contribution is 2.39. The number of sulfonamides is 1. The van der Waals surface area contributed by atoms with Crippen LogP contribution in [0.15, 0.2) is 0 Å². The van der Waals surface area contributed by atoms with Crippen LogP contribution in [-0.4, -0.2) is 89.9 Å². The van der Waals surface area contributed by atoms with E-state index in [1.54, 1.807) is 7.05 Å². The minimum atomic E-state index is -3.60. The predicted octanol–water partition coefficient (Wildman–Crippen LogP) is -0.634. The second-order valence-corrected chi connectivity index (χ2v) is 11.7. The lowest BCUT2D eigenvalue weighted by molar-refractivity contribution is -0.146. The molecule has 32 heavy (non-hydrogen) atoms. The Morgan fingerprint density at radius 1 is 1.19 bits per heavy atom.